The highest BCUT2D eigenvalue weighted by Gasteiger charge is 2.17. The Morgan fingerprint density at radius 1 is 1.35 bits per heavy atom. The van der Waals surface area contributed by atoms with E-state index in [2.05, 4.69) is 10.7 Å². The van der Waals surface area contributed by atoms with E-state index in [1.165, 1.54) is 31.4 Å². The van der Waals surface area contributed by atoms with E-state index in [1.54, 1.807) is 6.07 Å². The van der Waals surface area contributed by atoms with Crippen LogP contribution < -0.4 is 16.6 Å². The quantitative estimate of drug-likeness (QED) is 0.413. The summed E-state index contributed by atoms with van der Waals surface area (Å²) >= 11 is 0. The normalized spacial score (nSPS) is 15.1. The number of benzene rings is 1. The summed E-state index contributed by atoms with van der Waals surface area (Å²) in [5.74, 6) is 5.98. The van der Waals surface area contributed by atoms with Crippen LogP contribution in [0, 0.1) is 16.0 Å². The van der Waals surface area contributed by atoms with E-state index >= 15 is 0 Å². The van der Waals surface area contributed by atoms with Crippen molar-refractivity contribution in [2.45, 2.75) is 19.3 Å². The fourth-order valence-corrected chi connectivity index (χ4v) is 1.86. The number of nitrogens with zero attached hydrogens (tertiary/aromatic N) is 1. The first kappa shape index (κ1) is 11.7. The van der Waals surface area contributed by atoms with Crippen LogP contribution in [0.2, 0.25) is 0 Å². The molecule has 2 rings (SSSR count). The number of hydrogen-bond acceptors (Lipinski definition) is 5. The summed E-state index contributed by atoms with van der Waals surface area (Å²) in [5.41, 5.74) is 3.74. The number of nitrogens with one attached hydrogen (secondary N) is 2. The molecule has 6 heteroatoms. The van der Waals surface area contributed by atoms with Crippen molar-refractivity contribution in [1.29, 1.82) is 0 Å². The van der Waals surface area contributed by atoms with E-state index in [4.69, 9.17) is 5.84 Å². The monoisotopic (exact) mass is 236 g/mol. The Bertz CT molecular complexity index is 418. The van der Waals surface area contributed by atoms with Crippen LogP contribution in [-0.2, 0) is 0 Å². The van der Waals surface area contributed by atoms with Crippen LogP contribution in [0.25, 0.3) is 0 Å². The highest BCUT2D eigenvalue weighted by Crippen LogP contribution is 2.28. The van der Waals surface area contributed by atoms with Crippen molar-refractivity contribution in [3.63, 3.8) is 0 Å². The molecule has 0 aromatic heterocycles. The fraction of sp³-hybridized carbons (Fsp3) is 0.455. The van der Waals surface area contributed by atoms with Crippen LogP contribution in [0.3, 0.4) is 0 Å². The zero-order valence-electron chi connectivity index (χ0n) is 9.48. The van der Waals surface area contributed by atoms with Crippen molar-refractivity contribution < 1.29 is 4.92 Å². The number of hydrogen-bond donors (Lipinski definition) is 3. The van der Waals surface area contributed by atoms with Crippen molar-refractivity contribution in [2.24, 2.45) is 11.8 Å². The van der Waals surface area contributed by atoms with Gasteiger partial charge in [-0.2, -0.15) is 0 Å². The van der Waals surface area contributed by atoms with Crippen LogP contribution in [0.15, 0.2) is 18.2 Å². The molecule has 1 aliphatic carbocycles. The average molecular weight is 236 g/mol. The lowest BCUT2D eigenvalue weighted by atomic mass is 9.85. The topological polar surface area (TPSA) is 93.2 Å². The first-order valence-corrected chi connectivity index (χ1v) is 5.69. The number of anilines is 2. The largest absolute Gasteiger partial charge is 0.385 e. The SMILES string of the molecule is NNc1cc(NCC2CCC2)cc([N+](=O)[O-])c1. The molecular weight excluding hydrogens is 220 g/mol. The lowest BCUT2D eigenvalue weighted by Crippen LogP contribution is -2.21. The van der Waals surface area contributed by atoms with Gasteiger partial charge >= 0.3 is 0 Å². The third kappa shape index (κ3) is 2.85. The van der Waals surface area contributed by atoms with Gasteiger partial charge in [-0.25, -0.2) is 0 Å². The van der Waals surface area contributed by atoms with Gasteiger partial charge in [0.1, 0.15) is 0 Å². The van der Waals surface area contributed by atoms with Gasteiger partial charge in [0, 0.05) is 24.4 Å². The summed E-state index contributed by atoms with van der Waals surface area (Å²) in [5, 5.41) is 14.0. The maximum absolute atomic E-state index is 10.7. The third-order valence-electron chi connectivity index (χ3n) is 3.11. The Kier molecular flexibility index (Phi) is 3.43. The predicted octanol–water partition coefficient (Wildman–Crippen LogP) is 2.09. The number of hydrazine groups is 1. The molecule has 4 N–H and O–H groups in total. The van der Waals surface area contributed by atoms with E-state index in [-0.39, 0.29) is 5.69 Å². The zero-order chi connectivity index (χ0) is 12.3. The third-order valence-corrected chi connectivity index (χ3v) is 3.11. The molecule has 1 aliphatic rings. The molecule has 0 radical (unpaired) electrons. The highest BCUT2D eigenvalue weighted by molar-refractivity contribution is 5.63. The maximum atomic E-state index is 10.7. The Labute approximate surface area is 99.3 Å². The van der Waals surface area contributed by atoms with Crippen LogP contribution in [0.4, 0.5) is 17.1 Å². The van der Waals surface area contributed by atoms with Gasteiger partial charge in [-0.05, 0) is 24.8 Å². The lowest BCUT2D eigenvalue weighted by molar-refractivity contribution is -0.384. The van der Waals surface area contributed by atoms with Crippen molar-refractivity contribution >= 4 is 17.1 Å². The van der Waals surface area contributed by atoms with Gasteiger partial charge in [-0.1, -0.05) is 6.42 Å². The number of nitro groups is 1. The molecule has 0 amide bonds. The molecule has 0 spiro atoms. The van der Waals surface area contributed by atoms with Gasteiger partial charge in [-0.15, -0.1) is 0 Å². The lowest BCUT2D eigenvalue weighted by Gasteiger charge is -2.25. The van der Waals surface area contributed by atoms with Gasteiger partial charge in [-0.3, -0.25) is 16.0 Å². The highest BCUT2D eigenvalue weighted by atomic mass is 16.6. The average Bonchev–Trinajstić information content (AvgIpc) is 2.26. The van der Waals surface area contributed by atoms with Gasteiger partial charge in [0.15, 0.2) is 0 Å². The van der Waals surface area contributed by atoms with Crippen molar-refractivity contribution in [3.05, 3.63) is 28.3 Å². The van der Waals surface area contributed by atoms with Crippen LogP contribution in [-0.4, -0.2) is 11.5 Å². The minimum atomic E-state index is -0.421. The molecule has 1 aromatic carbocycles. The second kappa shape index (κ2) is 5.01. The molecule has 1 saturated carbocycles. The summed E-state index contributed by atoms with van der Waals surface area (Å²) in [7, 11) is 0. The first-order valence-electron chi connectivity index (χ1n) is 5.69. The molecule has 0 heterocycles. The number of rotatable bonds is 5. The van der Waals surface area contributed by atoms with Gasteiger partial charge in [0.05, 0.1) is 10.6 Å². The summed E-state index contributed by atoms with van der Waals surface area (Å²) in [6, 6.07) is 4.71. The molecule has 1 fully saturated rings. The summed E-state index contributed by atoms with van der Waals surface area (Å²) in [4.78, 5) is 10.3. The molecule has 17 heavy (non-hydrogen) atoms. The molecule has 0 bridgehead atoms. The van der Waals surface area contributed by atoms with E-state index in [1.807, 2.05) is 0 Å². The molecule has 0 atom stereocenters. The molecule has 92 valence electrons. The van der Waals surface area contributed by atoms with E-state index in [9.17, 15) is 10.1 Å². The first-order chi connectivity index (χ1) is 8.19. The number of nitro benzene ring substituents is 1. The number of nitrogen functional groups attached to an aromatic ring is 1. The Morgan fingerprint density at radius 2 is 2.06 bits per heavy atom. The van der Waals surface area contributed by atoms with Crippen LogP contribution >= 0.6 is 0 Å². The van der Waals surface area contributed by atoms with E-state index < -0.39 is 4.92 Å². The zero-order valence-corrected chi connectivity index (χ0v) is 9.48. The van der Waals surface area contributed by atoms with Crippen molar-refractivity contribution in [2.75, 3.05) is 17.3 Å². The standard InChI is InChI=1S/C11H16N4O2/c12-14-10-4-9(5-11(6-10)15(16)17)13-7-8-2-1-3-8/h4-6,8,13-14H,1-3,7,12H2. The molecule has 0 unspecified atom stereocenters. The predicted molar refractivity (Wildman–Crippen MR) is 66.7 cm³/mol. The van der Waals surface area contributed by atoms with Gasteiger partial charge < -0.3 is 10.7 Å². The Balaban J connectivity index is 2.08. The van der Waals surface area contributed by atoms with Crippen molar-refractivity contribution in [1.82, 2.24) is 0 Å². The number of nitrogens with two attached hydrogens (primary N) is 1. The second-order valence-electron chi connectivity index (χ2n) is 4.35. The smallest absolute Gasteiger partial charge is 0.273 e. The summed E-state index contributed by atoms with van der Waals surface area (Å²) in [6.07, 6.45) is 3.77. The minimum absolute atomic E-state index is 0.0385. The van der Waals surface area contributed by atoms with Crippen molar-refractivity contribution in [3.8, 4) is 0 Å². The van der Waals surface area contributed by atoms with E-state index in [0.29, 0.717) is 11.6 Å². The van der Waals surface area contributed by atoms with Gasteiger partial charge in [0.25, 0.3) is 5.69 Å². The van der Waals surface area contributed by atoms with E-state index in [0.717, 1.165) is 12.2 Å². The minimum Gasteiger partial charge on any atom is -0.385 e. The summed E-state index contributed by atoms with van der Waals surface area (Å²) < 4.78 is 0. The molecular formula is C11H16N4O2. The molecule has 6 nitrogen and oxygen atoms in total. The second-order valence-corrected chi connectivity index (χ2v) is 4.35. The Hall–Kier alpha value is -1.82. The molecule has 0 aliphatic heterocycles. The Morgan fingerprint density at radius 3 is 2.59 bits per heavy atom. The fourth-order valence-electron chi connectivity index (χ4n) is 1.86. The molecule has 1 aromatic rings. The van der Waals surface area contributed by atoms with Crippen LogP contribution in [0.1, 0.15) is 19.3 Å². The number of non-ortho nitro benzene ring substituents is 1. The van der Waals surface area contributed by atoms with Gasteiger partial charge in [0.2, 0.25) is 0 Å². The molecule has 0 saturated heterocycles. The maximum Gasteiger partial charge on any atom is 0.273 e. The van der Waals surface area contributed by atoms with Crippen LogP contribution in [0.5, 0.6) is 0 Å². The summed E-state index contributed by atoms with van der Waals surface area (Å²) in [6.45, 7) is 0.866.